The number of rotatable bonds is 17. The summed E-state index contributed by atoms with van der Waals surface area (Å²) >= 11 is 6.77. The number of hydrogen-bond acceptors (Lipinski definition) is 8. The fraction of sp³-hybridized carbons (Fsp3) is 0.647. The van der Waals surface area contributed by atoms with Gasteiger partial charge in [-0.05, 0) is 61.1 Å². The van der Waals surface area contributed by atoms with Crippen molar-refractivity contribution in [2.75, 3.05) is 46.8 Å². The summed E-state index contributed by atoms with van der Waals surface area (Å²) < 4.78 is 44.0. The first-order valence-electron chi connectivity index (χ1n) is 15.9. The first kappa shape index (κ1) is 34.0. The third-order valence-electron chi connectivity index (χ3n) is 8.03. The predicted molar refractivity (Wildman–Crippen MR) is 166 cm³/mol. The molecular weight excluding hydrogens is 572 g/mol. The van der Waals surface area contributed by atoms with Crippen LogP contribution in [-0.4, -0.2) is 76.3 Å². The van der Waals surface area contributed by atoms with Crippen LogP contribution in [0.25, 0.3) is 0 Å². The molecule has 9 heteroatoms. The van der Waals surface area contributed by atoms with Gasteiger partial charge in [0.05, 0.1) is 6.61 Å². The topological polar surface area (TPSA) is 84.8 Å². The van der Waals surface area contributed by atoms with Crippen LogP contribution in [-0.2, 0) is 35.9 Å². The van der Waals surface area contributed by atoms with E-state index >= 15 is 0 Å². The highest BCUT2D eigenvalue weighted by atomic mass is 35.5. The van der Waals surface area contributed by atoms with Crippen molar-refractivity contribution in [3.05, 3.63) is 58.1 Å². The van der Waals surface area contributed by atoms with Crippen molar-refractivity contribution >= 4 is 11.6 Å². The largest absolute Gasteiger partial charge is 0.486 e. The molecule has 0 aliphatic carbocycles. The number of halogens is 1. The molecule has 2 aliphatic heterocycles. The molecule has 0 spiro atoms. The first-order chi connectivity index (χ1) is 21.0. The Morgan fingerprint density at radius 3 is 2.14 bits per heavy atom. The summed E-state index contributed by atoms with van der Waals surface area (Å²) in [6, 6.07) is 11.7. The van der Waals surface area contributed by atoms with Crippen LogP contribution >= 0.6 is 11.6 Å². The molecular formula is C34H49ClO8. The number of unbranched alkanes of at least 4 members (excludes halogenated alkanes) is 3. The van der Waals surface area contributed by atoms with E-state index in [0.29, 0.717) is 44.5 Å². The van der Waals surface area contributed by atoms with E-state index in [1.807, 2.05) is 36.4 Å². The number of ether oxygens (including phenoxy) is 7. The average Bonchev–Trinajstić information content (AvgIpc) is 3.03. The Balaban J connectivity index is 1.73. The molecule has 0 saturated carbocycles. The summed E-state index contributed by atoms with van der Waals surface area (Å²) in [5.41, 5.74) is 2.67. The fourth-order valence-electron chi connectivity index (χ4n) is 5.63. The summed E-state index contributed by atoms with van der Waals surface area (Å²) in [6.07, 6.45) is 3.80. The maximum absolute atomic E-state index is 10.6. The van der Waals surface area contributed by atoms with Crippen molar-refractivity contribution in [2.24, 2.45) is 0 Å². The lowest BCUT2D eigenvalue weighted by Crippen LogP contribution is -2.66. The molecule has 5 atom stereocenters. The van der Waals surface area contributed by atoms with Crippen molar-refractivity contribution in [1.29, 1.82) is 0 Å². The van der Waals surface area contributed by atoms with Gasteiger partial charge in [-0.25, -0.2) is 0 Å². The van der Waals surface area contributed by atoms with Gasteiger partial charge in [-0.3, -0.25) is 0 Å². The van der Waals surface area contributed by atoms with E-state index in [-0.39, 0.29) is 6.61 Å². The van der Waals surface area contributed by atoms with Gasteiger partial charge in [0.1, 0.15) is 37.6 Å². The number of hydrogen-bond donors (Lipinski definition) is 1. The molecule has 4 rings (SSSR count). The van der Waals surface area contributed by atoms with Gasteiger partial charge in [-0.1, -0.05) is 63.8 Å². The molecule has 0 aromatic heterocycles. The molecule has 2 heterocycles. The lowest BCUT2D eigenvalue weighted by Gasteiger charge is -2.52. The summed E-state index contributed by atoms with van der Waals surface area (Å²) in [7, 11) is 1.61. The quantitative estimate of drug-likeness (QED) is 0.202. The van der Waals surface area contributed by atoms with Gasteiger partial charge in [0.15, 0.2) is 11.5 Å². The minimum atomic E-state index is -1.37. The number of aliphatic hydroxyl groups excluding tert-OH is 1. The minimum Gasteiger partial charge on any atom is -0.486 e. The number of fused-ring (bicyclic) bond motifs is 1. The highest BCUT2D eigenvalue weighted by molar-refractivity contribution is 6.31. The lowest BCUT2D eigenvalue weighted by atomic mass is 9.86. The van der Waals surface area contributed by atoms with Crippen molar-refractivity contribution < 1.29 is 38.3 Å². The summed E-state index contributed by atoms with van der Waals surface area (Å²) in [6.45, 7) is 8.77. The van der Waals surface area contributed by atoms with E-state index in [9.17, 15) is 5.11 Å². The van der Waals surface area contributed by atoms with Crippen molar-refractivity contribution in [3.8, 4) is 11.5 Å². The Hall–Kier alpha value is -1.91. The molecule has 1 N–H and O–H groups in total. The third-order valence-corrected chi connectivity index (χ3v) is 8.40. The van der Waals surface area contributed by atoms with E-state index < -0.39 is 30.2 Å². The van der Waals surface area contributed by atoms with Gasteiger partial charge in [-0.2, -0.15) is 0 Å². The Morgan fingerprint density at radius 1 is 0.837 bits per heavy atom. The first-order valence-corrected chi connectivity index (χ1v) is 16.2. The van der Waals surface area contributed by atoms with E-state index in [0.717, 1.165) is 66.7 Å². The van der Waals surface area contributed by atoms with E-state index in [1.54, 1.807) is 7.11 Å². The molecule has 2 aliphatic rings. The molecule has 240 valence electrons. The van der Waals surface area contributed by atoms with E-state index in [2.05, 4.69) is 20.8 Å². The molecule has 43 heavy (non-hydrogen) atoms. The van der Waals surface area contributed by atoms with Crippen molar-refractivity contribution in [3.63, 3.8) is 0 Å². The van der Waals surface area contributed by atoms with Crippen LogP contribution < -0.4 is 9.47 Å². The standard InChI is InChI=1S/C34H49ClO8/c1-5-8-15-40-31-30(23-36)43-34(37-4,33(42-17-10-7-3)32(31)41-16-9-6-2)26-12-13-27(35)25(22-26)20-24-11-14-28-29(21-24)39-19-18-38-28/h11-14,21-22,30-33,36H,5-10,15-20,23H2,1-4H3/t30-,31-,32+,33-,34?/m1/s1. The smallest absolute Gasteiger partial charge is 0.225 e. The molecule has 8 nitrogen and oxygen atoms in total. The zero-order valence-electron chi connectivity index (χ0n) is 26.1. The van der Waals surface area contributed by atoms with Crippen LogP contribution in [0.1, 0.15) is 76.0 Å². The van der Waals surface area contributed by atoms with Crippen LogP contribution in [0.15, 0.2) is 36.4 Å². The Morgan fingerprint density at radius 2 is 1.49 bits per heavy atom. The molecule has 2 aromatic rings. The molecule has 0 bridgehead atoms. The molecule has 1 saturated heterocycles. The van der Waals surface area contributed by atoms with Crippen LogP contribution in [0.5, 0.6) is 11.5 Å². The predicted octanol–water partition coefficient (Wildman–Crippen LogP) is 6.45. The highest BCUT2D eigenvalue weighted by Gasteiger charge is 2.58. The summed E-state index contributed by atoms with van der Waals surface area (Å²) in [5, 5.41) is 11.2. The van der Waals surface area contributed by atoms with Crippen LogP contribution in [0.3, 0.4) is 0 Å². The van der Waals surface area contributed by atoms with Gasteiger partial charge in [0.2, 0.25) is 5.79 Å². The van der Waals surface area contributed by atoms with Gasteiger partial charge < -0.3 is 38.3 Å². The van der Waals surface area contributed by atoms with Gasteiger partial charge in [0, 0.05) is 37.5 Å². The normalized spacial score (nSPS) is 25.2. The Bertz CT molecular complexity index is 1130. The SMILES string of the molecule is CCCCO[C@H]1[C@H](OCCCC)[C@@H](CO)OC(OC)(c2ccc(Cl)c(Cc3ccc4c(c3)OCCO4)c2)[C@@H]1OCCCC. The second-order valence-corrected chi connectivity index (χ2v) is 11.6. The van der Waals surface area contributed by atoms with E-state index in [4.69, 9.17) is 44.8 Å². The van der Waals surface area contributed by atoms with Crippen LogP contribution in [0.4, 0.5) is 0 Å². The fourth-order valence-corrected chi connectivity index (χ4v) is 5.81. The molecule has 1 unspecified atom stereocenters. The Labute approximate surface area is 261 Å². The minimum absolute atomic E-state index is 0.255. The Kier molecular flexibility index (Phi) is 13.4. The van der Waals surface area contributed by atoms with Gasteiger partial charge >= 0.3 is 0 Å². The zero-order valence-corrected chi connectivity index (χ0v) is 26.9. The molecule has 0 amide bonds. The van der Waals surface area contributed by atoms with E-state index in [1.165, 1.54) is 0 Å². The summed E-state index contributed by atoms with van der Waals surface area (Å²) in [4.78, 5) is 0. The average molecular weight is 621 g/mol. The summed E-state index contributed by atoms with van der Waals surface area (Å²) in [5.74, 6) is 0.112. The maximum atomic E-state index is 10.6. The number of aliphatic hydroxyl groups is 1. The van der Waals surface area contributed by atoms with Crippen molar-refractivity contribution in [2.45, 2.75) is 95.9 Å². The van der Waals surface area contributed by atoms with Crippen LogP contribution in [0.2, 0.25) is 5.02 Å². The lowest BCUT2D eigenvalue weighted by molar-refractivity contribution is -0.381. The van der Waals surface area contributed by atoms with Gasteiger partial charge in [0.25, 0.3) is 0 Å². The molecule has 0 radical (unpaired) electrons. The number of benzene rings is 2. The second-order valence-electron chi connectivity index (χ2n) is 11.2. The molecule has 2 aromatic carbocycles. The third kappa shape index (κ3) is 8.23. The van der Waals surface area contributed by atoms with Gasteiger partial charge in [-0.15, -0.1) is 0 Å². The van der Waals surface area contributed by atoms with Crippen molar-refractivity contribution in [1.82, 2.24) is 0 Å². The number of methoxy groups -OCH3 is 1. The zero-order chi connectivity index (χ0) is 30.7. The van der Waals surface area contributed by atoms with Crippen LogP contribution in [0, 0.1) is 0 Å². The monoisotopic (exact) mass is 620 g/mol. The maximum Gasteiger partial charge on any atom is 0.225 e. The highest BCUT2D eigenvalue weighted by Crippen LogP contribution is 2.44. The molecule has 1 fully saturated rings. The second kappa shape index (κ2) is 17.0.